The fourth-order valence-electron chi connectivity index (χ4n) is 3.77. The number of nitrogens with zero attached hydrogens (tertiary/aromatic N) is 1. The number of rotatable bonds is 3. The van der Waals surface area contributed by atoms with Gasteiger partial charge in [-0.05, 0) is 67.7 Å². The summed E-state index contributed by atoms with van der Waals surface area (Å²) in [5.74, 6) is 0. The lowest BCUT2D eigenvalue weighted by molar-refractivity contribution is -0.384. The highest BCUT2D eigenvalue weighted by molar-refractivity contribution is 6.23. The Balaban J connectivity index is 1.60. The standard InChI is InChI=1S/C24H15NO2/c26-25(27)22-12-6-16(7-13-22)4-5-17-14-20-10-8-18-2-1-3-19-9-11-21(15-17)24(20)23(18)19/h1-15H/b5-4+. The molecule has 0 N–H and O–H groups in total. The molecular formula is C24H15NO2. The van der Waals surface area contributed by atoms with E-state index in [2.05, 4.69) is 60.7 Å². The Labute approximate surface area is 155 Å². The minimum Gasteiger partial charge on any atom is -0.258 e. The van der Waals surface area contributed by atoms with Gasteiger partial charge in [-0.2, -0.15) is 0 Å². The third-order valence-corrected chi connectivity index (χ3v) is 5.06. The average Bonchev–Trinajstić information content (AvgIpc) is 2.70. The minimum absolute atomic E-state index is 0.107. The van der Waals surface area contributed by atoms with E-state index in [-0.39, 0.29) is 10.6 Å². The van der Waals surface area contributed by atoms with Gasteiger partial charge in [0.2, 0.25) is 0 Å². The molecule has 0 bridgehead atoms. The second-order valence-corrected chi connectivity index (χ2v) is 6.73. The highest BCUT2D eigenvalue weighted by atomic mass is 16.6. The number of nitro benzene ring substituents is 1. The van der Waals surface area contributed by atoms with Crippen LogP contribution >= 0.6 is 0 Å². The molecule has 0 heterocycles. The summed E-state index contributed by atoms with van der Waals surface area (Å²) in [4.78, 5) is 10.4. The Morgan fingerprint density at radius 3 is 1.74 bits per heavy atom. The van der Waals surface area contributed by atoms with Crippen molar-refractivity contribution in [2.45, 2.75) is 0 Å². The number of non-ortho nitro benzene ring substituents is 1. The van der Waals surface area contributed by atoms with Crippen molar-refractivity contribution in [2.75, 3.05) is 0 Å². The Hall–Kier alpha value is -3.72. The fourth-order valence-corrected chi connectivity index (χ4v) is 3.77. The maximum Gasteiger partial charge on any atom is 0.269 e. The molecule has 0 spiro atoms. The average molecular weight is 349 g/mol. The van der Waals surface area contributed by atoms with Crippen molar-refractivity contribution in [2.24, 2.45) is 0 Å². The van der Waals surface area contributed by atoms with E-state index < -0.39 is 0 Å². The number of benzene rings is 5. The number of nitro groups is 1. The Morgan fingerprint density at radius 1 is 0.630 bits per heavy atom. The van der Waals surface area contributed by atoms with Gasteiger partial charge in [0.25, 0.3) is 5.69 Å². The summed E-state index contributed by atoms with van der Waals surface area (Å²) in [5, 5.41) is 18.4. The summed E-state index contributed by atoms with van der Waals surface area (Å²) in [5.41, 5.74) is 2.15. The molecular weight excluding hydrogens is 334 g/mol. The molecule has 5 aromatic rings. The van der Waals surface area contributed by atoms with Gasteiger partial charge in [-0.15, -0.1) is 0 Å². The smallest absolute Gasteiger partial charge is 0.258 e. The molecule has 0 fully saturated rings. The van der Waals surface area contributed by atoms with E-state index in [4.69, 9.17) is 0 Å². The van der Waals surface area contributed by atoms with E-state index >= 15 is 0 Å². The zero-order chi connectivity index (χ0) is 18.4. The van der Waals surface area contributed by atoms with Gasteiger partial charge in [-0.3, -0.25) is 10.1 Å². The fraction of sp³-hybridized carbons (Fsp3) is 0. The molecule has 0 saturated carbocycles. The van der Waals surface area contributed by atoms with E-state index in [1.165, 1.54) is 44.5 Å². The normalized spacial score (nSPS) is 11.9. The Bertz CT molecular complexity index is 1270. The lowest BCUT2D eigenvalue weighted by Crippen LogP contribution is -1.86. The summed E-state index contributed by atoms with van der Waals surface area (Å²) in [7, 11) is 0. The lowest BCUT2D eigenvalue weighted by atomic mass is 9.93. The van der Waals surface area contributed by atoms with Gasteiger partial charge in [0.1, 0.15) is 0 Å². The molecule has 27 heavy (non-hydrogen) atoms. The summed E-state index contributed by atoms with van der Waals surface area (Å²) in [6.07, 6.45) is 4.03. The van der Waals surface area contributed by atoms with E-state index in [0.29, 0.717) is 0 Å². The first-order chi connectivity index (χ1) is 13.2. The van der Waals surface area contributed by atoms with Gasteiger partial charge >= 0.3 is 0 Å². The van der Waals surface area contributed by atoms with Crippen LogP contribution in [-0.2, 0) is 0 Å². The van der Waals surface area contributed by atoms with E-state index in [1.807, 2.05) is 6.08 Å². The third kappa shape index (κ3) is 2.61. The molecule has 3 heteroatoms. The molecule has 0 atom stereocenters. The lowest BCUT2D eigenvalue weighted by Gasteiger charge is -2.11. The molecule has 0 aromatic heterocycles. The molecule has 5 aromatic carbocycles. The van der Waals surface area contributed by atoms with Gasteiger partial charge in [0.15, 0.2) is 0 Å². The van der Waals surface area contributed by atoms with Crippen LogP contribution in [-0.4, -0.2) is 4.92 Å². The minimum atomic E-state index is -0.382. The Morgan fingerprint density at radius 2 is 1.15 bits per heavy atom. The number of hydrogen-bond acceptors (Lipinski definition) is 2. The maximum absolute atomic E-state index is 10.8. The van der Waals surface area contributed by atoms with Gasteiger partial charge < -0.3 is 0 Å². The van der Waals surface area contributed by atoms with E-state index in [1.54, 1.807) is 12.1 Å². The first kappa shape index (κ1) is 15.5. The van der Waals surface area contributed by atoms with Crippen molar-refractivity contribution < 1.29 is 4.92 Å². The molecule has 0 radical (unpaired) electrons. The second-order valence-electron chi connectivity index (χ2n) is 6.73. The van der Waals surface area contributed by atoms with Gasteiger partial charge in [-0.25, -0.2) is 0 Å². The summed E-state index contributed by atoms with van der Waals surface area (Å²) >= 11 is 0. The molecule has 5 rings (SSSR count). The Kier molecular flexibility index (Phi) is 3.41. The SMILES string of the molecule is O=[N+]([O-])c1ccc(/C=C/c2cc3ccc4cccc5ccc(c2)c3c45)cc1. The largest absolute Gasteiger partial charge is 0.269 e. The topological polar surface area (TPSA) is 43.1 Å². The zero-order valence-corrected chi connectivity index (χ0v) is 14.4. The van der Waals surface area contributed by atoms with Crippen LogP contribution < -0.4 is 0 Å². The molecule has 0 aliphatic heterocycles. The molecule has 0 amide bonds. The van der Waals surface area contributed by atoms with Crippen LogP contribution in [0.15, 0.2) is 78.9 Å². The van der Waals surface area contributed by atoms with Crippen molar-refractivity contribution >= 4 is 50.2 Å². The first-order valence-electron chi connectivity index (χ1n) is 8.79. The predicted octanol–water partition coefficient (Wildman–Crippen LogP) is 6.66. The highest BCUT2D eigenvalue weighted by Gasteiger charge is 2.08. The summed E-state index contributed by atoms with van der Waals surface area (Å²) in [6.45, 7) is 0. The van der Waals surface area contributed by atoms with Gasteiger partial charge in [0.05, 0.1) is 4.92 Å². The first-order valence-corrected chi connectivity index (χ1v) is 8.79. The molecule has 0 aliphatic rings. The molecule has 0 saturated heterocycles. The van der Waals surface area contributed by atoms with Crippen LogP contribution in [0.3, 0.4) is 0 Å². The second kappa shape index (κ2) is 5.92. The van der Waals surface area contributed by atoms with Crippen molar-refractivity contribution in [3.63, 3.8) is 0 Å². The van der Waals surface area contributed by atoms with Gasteiger partial charge in [0, 0.05) is 12.1 Å². The third-order valence-electron chi connectivity index (χ3n) is 5.06. The molecule has 0 aliphatic carbocycles. The van der Waals surface area contributed by atoms with Crippen LogP contribution in [0.2, 0.25) is 0 Å². The summed E-state index contributed by atoms with van der Waals surface area (Å²) in [6, 6.07) is 26.1. The molecule has 3 nitrogen and oxygen atoms in total. The number of hydrogen-bond donors (Lipinski definition) is 0. The summed E-state index contributed by atoms with van der Waals surface area (Å²) < 4.78 is 0. The monoisotopic (exact) mass is 349 g/mol. The van der Waals surface area contributed by atoms with Crippen LogP contribution in [0, 0.1) is 10.1 Å². The van der Waals surface area contributed by atoms with Crippen LogP contribution in [0.5, 0.6) is 0 Å². The highest BCUT2D eigenvalue weighted by Crippen LogP contribution is 2.35. The predicted molar refractivity (Wildman–Crippen MR) is 112 cm³/mol. The molecule has 128 valence electrons. The van der Waals surface area contributed by atoms with Crippen LogP contribution in [0.4, 0.5) is 5.69 Å². The van der Waals surface area contributed by atoms with E-state index in [9.17, 15) is 10.1 Å². The van der Waals surface area contributed by atoms with Crippen molar-refractivity contribution in [1.29, 1.82) is 0 Å². The van der Waals surface area contributed by atoms with Crippen LogP contribution in [0.25, 0.3) is 44.5 Å². The van der Waals surface area contributed by atoms with Gasteiger partial charge in [-0.1, -0.05) is 54.6 Å². The van der Waals surface area contributed by atoms with Crippen molar-refractivity contribution in [3.05, 3.63) is 100 Å². The zero-order valence-electron chi connectivity index (χ0n) is 14.4. The maximum atomic E-state index is 10.8. The van der Waals surface area contributed by atoms with Crippen LogP contribution in [0.1, 0.15) is 11.1 Å². The molecule has 0 unspecified atom stereocenters. The van der Waals surface area contributed by atoms with Crippen molar-refractivity contribution in [3.8, 4) is 0 Å². The van der Waals surface area contributed by atoms with Crippen molar-refractivity contribution in [1.82, 2.24) is 0 Å². The quantitative estimate of drug-likeness (QED) is 0.158. The van der Waals surface area contributed by atoms with E-state index in [0.717, 1.165) is 11.1 Å².